The quantitative estimate of drug-likeness (QED) is 0.191. The molecule has 6 N–H and O–H groups in total. The SMILES string of the molecule is Nc1ccc(NS(=O)(=O)Cc2ccc3c(c2)Oc2ccc(CS(=O)(=O)Nc4ccc(N)cc4)cc2S3)cc1. The van der Waals surface area contributed by atoms with E-state index in [4.69, 9.17) is 16.2 Å². The molecule has 0 aliphatic carbocycles. The van der Waals surface area contributed by atoms with Crippen LogP contribution in [-0.2, 0) is 31.6 Å². The van der Waals surface area contributed by atoms with E-state index in [1.54, 1.807) is 84.9 Å². The van der Waals surface area contributed by atoms with Crippen LogP contribution in [0.2, 0.25) is 0 Å². The van der Waals surface area contributed by atoms with Gasteiger partial charge in [-0.25, -0.2) is 16.8 Å². The number of benzene rings is 4. The predicted octanol–water partition coefficient (Wildman–Crippen LogP) is 4.99. The second-order valence-electron chi connectivity index (χ2n) is 8.73. The second kappa shape index (κ2) is 10.1. The molecule has 0 saturated heterocycles. The van der Waals surface area contributed by atoms with E-state index in [0.29, 0.717) is 45.4 Å². The lowest BCUT2D eigenvalue weighted by molar-refractivity contribution is 0.453. The highest BCUT2D eigenvalue weighted by atomic mass is 32.2. The van der Waals surface area contributed by atoms with E-state index in [1.807, 2.05) is 0 Å². The molecule has 196 valence electrons. The lowest BCUT2D eigenvalue weighted by atomic mass is 10.2. The molecule has 12 heteroatoms. The maximum atomic E-state index is 12.7. The zero-order valence-electron chi connectivity index (χ0n) is 19.9. The maximum Gasteiger partial charge on any atom is 0.236 e. The Hall–Kier alpha value is -3.87. The molecule has 0 bridgehead atoms. The van der Waals surface area contributed by atoms with E-state index >= 15 is 0 Å². The number of hydrogen-bond acceptors (Lipinski definition) is 8. The van der Waals surface area contributed by atoms with Crippen LogP contribution in [0.25, 0.3) is 0 Å². The number of rotatable bonds is 8. The van der Waals surface area contributed by atoms with Crippen molar-refractivity contribution in [2.75, 3.05) is 20.9 Å². The average Bonchev–Trinajstić information content (AvgIpc) is 2.85. The Kier molecular flexibility index (Phi) is 6.86. The van der Waals surface area contributed by atoms with Crippen molar-refractivity contribution in [2.24, 2.45) is 0 Å². The summed E-state index contributed by atoms with van der Waals surface area (Å²) in [5.74, 6) is 0.655. The Morgan fingerprint density at radius 1 is 0.605 bits per heavy atom. The van der Waals surface area contributed by atoms with E-state index in [2.05, 4.69) is 9.44 Å². The second-order valence-corrected chi connectivity index (χ2v) is 13.3. The van der Waals surface area contributed by atoms with E-state index in [1.165, 1.54) is 11.8 Å². The van der Waals surface area contributed by atoms with Gasteiger partial charge in [-0.15, -0.1) is 0 Å². The Morgan fingerprint density at radius 2 is 1.11 bits per heavy atom. The lowest BCUT2D eigenvalue weighted by Crippen LogP contribution is -2.15. The zero-order chi connectivity index (χ0) is 26.9. The lowest BCUT2D eigenvalue weighted by Gasteiger charge is -2.21. The monoisotopic (exact) mass is 568 g/mol. The van der Waals surface area contributed by atoms with Gasteiger partial charge in [-0.3, -0.25) is 9.44 Å². The minimum atomic E-state index is -3.66. The largest absolute Gasteiger partial charge is 0.455 e. The number of anilines is 4. The van der Waals surface area contributed by atoms with Crippen LogP contribution in [0, 0.1) is 0 Å². The molecule has 0 amide bonds. The number of ether oxygens (including phenoxy) is 1. The van der Waals surface area contributed by atoms with Gasteiger partial charge < -0.3 is 16.2 Å². The van der Waals surface area contributed by atoms with Gasteiger partial charge in [0.05, 0.1) is 21.3 Å². The summed E-state index contributed by atoms with van der Waals surface area (Å²) in [5, 5.41) is 0. The molecule has 0 aromatic heterocycles. The Bertz CT molecular complexity index is 1580. The summed E-state index contributed by atoms with van der Waals surface area (Å²) >= 11 is 1.43. The molecule has 0 saturated carbocycles. The summed E-state index contributed by atoms with van der Waals surface area (Å²) in [5.41, 5.74) is 14.4. The third-order valence-electron chi connectivity index (χ3n) is 5.54. The van der Waals surface area contributed by atoms with Crippen LogP contribution in [0.1, 0.15) is 11.1 Å². The molecule has 1 aliphatic heterocycles. The summed E-state index contributed by atoms with van der Waals surface area (Å²) in [7, 11) is -7.30. The molecule has 1 heterocycles. The molecule has 4 aromatic rings. The zero-order valence-corrected chi connectivity index (χ0v) is 22.4. The summed E-state index contributed by atoms with van der Waals surface area (Å²) in [6.45, 7) is 0. The van der Waals surface area contributed by atoms with Crippen molar-refractivity contribution in [3.05, 3.63) is 96.1 Å². The number of fused-ring (bicyclic) bond motifs is 2. The maximum absolute atomic E-state index is 12.7. The third-order valence-corrected chi connectivity index (χ3v) is 9.15. The minimum absolute atomic E-state index is 0.212. The molecule has 4 aromatic carbocycles. The van der Waals surface area contributed by atoms with Crippen molar-refractivity contribution in [2.45, 2.75) is 21.3 Å². The summed E-state index contributed by atoms with van der Waals surface area (Å²) in [6, 6.07) is 23.3. The number of nitrogen functional groups attached to an aromatic ring is 2. The number of hydrogen-bond donors (Lipinski definition) is 4. The van der Waals surface area contributed by atoms with Gasteiger partial charge in [0.2, 0.25) is 20.0 Å². The van der Waals surface area contributed by atoms with Crippen molar-refractivity contribution in [3.63, 3.8) is 0 Å². The van der Waals surface area contributed by atoms with E-state index in [-0.39, 0.29) is 11.5 Å². The van der Waals surface area contributed by atoms with Gasteiger partial charge in [-0.05, 0) is 83.9 Å². The predicted molar refractivity (Wildman–Crippen MR) is 151 cm³/mol. The summed E-state index contributed by atoms with van der Waals surface area (Å²) in [6.07, 6.45) is 0. The van der Waals surface area contributed by atoms with Crippen LogP contribution in [0.5, 0.6) is 11.5 Å². The summed E-state index contributed by atoms with van der Waals surface area (Å²) in [4.78, 5) is 1.56. The number of sulfonamides is 2. The highest BCUT2D eigenvalue weighted by molar-refractivity contribution is 7.99. The fraction of sp³-hybridized carbons (Fsp3) is 0.0769. The Labute approximate surface area is 225 Å². The third kappa shape index (κ3) is 6.33. The van der Waals surface area contributed by atoms with Crippen LogP contribution in [0.15, 0.2) is 94.7 Å². The van der Waals surface area contributed by atoms with Crippen molar-refractivity contribution in [3.8, 4) is 11.5 Å². The van der Waals surface area contributed by atoms with Gasteiger partial charge in [0.1, 0.15) is 11.5 Å². The molecule has 0 atom stereocenters. The van der Waals surface area contributed by atoms with E-state index < -0.39 is 20.0 Å². The van der Waals surface area contributed by atoms with Crippen molar-refractivity contribution in [1.82, 2.24) is 0 Å². The highest BCUT2D eigenvalue weighted by Gasteiger charge is 2.22. The normalized spacial score (nSPS) is 12.6. The molecule has 9 nitrogen and oxygen atoms in total. The fourth-order valence-corrected chi connectivity index (χ4v) is 7.19. The van der Waals surface area contributed by atoms with Crippen molar-refractivity contribution >= 4 is 54.6 Å². The van der Waals surface area contributed by atoms with Gasteiger partial charge in [-0.2, -0.15) is 0 Å². The van der Waals surface area contributed by atoms with Gasteiger partial charge in [0.25, 0.3) is 0 Å². The first-order valence-electron chi connectivity index (χ1n) is 11.4. The molecule has 0 unspecified atom stereocenters. The topological polar surface area (TPSA) is 154 Å². The van der Waals surface area contributed by atoms with Gasteiger partial charge in [0.15, 0.2) is 0 Å². The number of nitrogens with one attached hydrogen (secondary N) is 2. The van der Waals surface area contributed by atoms with Crippen LogP contribution >= 0.6 is 11.8 Å². The van der Waals surface area contributed by atoms with Crippen molar-refractivity contribution in [1.29, 1.82) is 0 Å². The van der Waals surface area contributed by atoms with Crippen LogP contribution in [0.3, 0.4) is 0 Å². The molecule has 38 heavy (non-hydrogen) atoms. The Morgan fingerprint density at radius 3 is 1.66 bits per heavy atom. The first-order valence-corrected chi connectivity index (χ1v) is 15.5. The smallest absolute Gasteiger partial charge is 0.236 e. The van der Waals surface area contributed by atoms with Crippen LogP contribution in [-0.4, -0.2) is 16.8 Å². The van der Waals surface area contributed by atoms with Crippen LogP contribution < -0.4 is 25.6 Å². The van der Waals surface area contributed by atoms with Gasteiger partial charge >= 0.3 is 0 Å². The molecule has 0 spiro atoms. The van der Waals surface area contributed by atoms with E-state index in [0.717, 1.165) is 9.79 Å². The standard InChI is InChI=1S/C26H24N4O5S3/c27-19-3-7-21(8-4-19)29-37(31,32)15-17-2-12-25-24(13-17)35-23-11-1-18(14-26(23)36-25)16-38(33,34)30-22-9-5-20(28)6-10-22/h1-14,29-30H,15-16,27-28H2. The Balaban J connectivity index is 1.27. The van der Waals surface area contributed by atoms with Gasteiger partial charge in [-0.1, -0.05) is 23.9 Å². The first kappa shape index (κ1) is 25.8. The van der Waals surface area contributed by atoms with Crippen molar-refractivity contribution < 1.29 is 21.6 Å². The molecular weight excluding hydrogens is 545 g/mol. The molecule has 0 fully saturated rings. The molecular formula is C26H24N4O5S3. The summed E-state index contributed by atoms with van der Waals surface area (Å²) < 4.78 is 61.8. The van der Waals surface area contributed by atoms with Crippen LogP contribution in [0.4, 0.5) is 22.7 Å². The molecule has 1 aliphatic rings. The molecule has 0 radical (unpaired) electrons. The highest BCUT2D eigenvalue weighted by Crippen LogP contribution is 2.47. The number of nitrogens with two attached hydrogens (primary N) is 2. The minimum Gasteiger partial charge on any atom is -0.455 e. The fourth-order valence-electron chi connectivity index (χ4n) is 3.82. The van der Waals surface area contributed by atoms with E-state index in [9.17, 15) is 16.8 Å². The first-order chi connectivity index (χ1) is 18.0. The average molecular weight is 569 g/mol. The van der Waals surface area contributed by atoms with Gasteiger partial charge in [0, 0.05) is 22.7 Å². The molecule has 5 rings (SSSR count).